The third-order valence-corrected chi connectivity index (χ3v) is 5.47. The molecule has 0 saturated carbocycles. The summed E-state index contributed by atoms with van der Waals surface area (Å²) in [6.45, 7) is 2.29. The third kappa shape index (κ3) is 3.87. The van der Waals surface area contributed by atoms with Gasteiger partial charge in [-0.1, -0.05) is 18.2 Å². The molecule has 0 aliphatic rings. The summed E-state index contributed by atoms with van der Waals surface area (Å²) in [6, 6.07) is 9.87. The third-order valence-electron chi connectivity index (χ3n) is 4.54. The summed E-state index contributed by atoms with van der Waals surface area (Å²) in [4.78, 5) is 0. The lowest BCUT2D eigenvalue weighted by atomic mass is 10.1. The number of hydrogen-bond donors (Lipinski definition) is 2. The molecule has 2 aromatic carbocycles. The number of anilines is 1. The summed E-state index contributed by atoms with van der Waals surface area (Å²) in [6.07, 6.45) is 2.88. The number of nitrogens with two attached hydrogens (primary N) is 1. The van der Waals surface area contributed by atoms with Crippen molar-refractivity contribution in [2.45, 2.75) is 13.0 Å². The van der Waals surface area contributed by atoms with Crippen molar-refractivity contribution < 1.29 is 23.0 Å². The summed E-state index contributed by atoms with van der Waals surface area (Å²) in [5.41, 5.74) is 7.11. The molecule has 0 fully saturated rings. The summed E-state index contributed by atoms with van der Waals surface area (Å²) in [7, 11) is -1.82. The van der Waals surface area contributed by atoms with Gasteiger partial charge in [0, 0.05) is 23.5 Å². The van der Waals surface area contributed by atoms with Crippen molar-refractivity contribution in [3.05, 3.63) is 48.2 Å². The number of sulfone groups is 1. The lowest BCUT2D eigenvalue weighted by molar-refractivity contribution is 0.310. The molecule has 7 nitrogen and oxygen atoms in total. The molecule has 1 heterocycles. The van der Waals surface area contributed by atoms with Crippen LogP contribution in [0.3, 0.4) is 0 Å². The molecule has 0 spiro atoms. The standard InChI is InChI=1S/C20H24N2O5S/c1-4-27-18-10-13(8-9-17(18)26-2)16(12-28(3,24)25)22-11-14-6-5-7-15(21)19(14)20(22)23/h5-11,16,23H,4,12,21H2,1-3H3. The number of ether oxygens (including phenoxy) is 2. The van der Waals surface area contributed by atoms with Crippen LogP contribution in [-0.4, -0.2) is 43.8 Å². The van der Waals surface area contributed by atoms with E-state index in [9.17, 15) is 13.5 Å². The maximum atomic E-state index is 12.1. The van der Waals surface area contributed by atoms with Gasteiger partial charge in [0.2, 0.25) is 5.88 Å². The quantitative estimate of drug-likeness (QED) is 0.587. The zero-order valence-electron chi connectivity index (χ0n) is 16.0. The number of benzene rings is 2. The first kappa shape index (κ1) is 19.9. The lowest BCUT2D eigenvalue weighted by Gasteiger charge is -2.21. The van der Waals surface area contributed by atoms with E-state index in [1.165, 1.54) is 6.26 Å². The Balaban J connectivity index is 2.20. The van der Waals surface area contributed by atoms with Gasteiger partial charge in [-0.05, 0) is 30.7 Å². The normalized spacial score (nSPS) is 12.8. The topological polar surface area (TPSA) is 104 Å². The van der Waals surface area contributed by atoms with Crippen molar-refractivity contribution in [2.24, 2.45) is 0 Å². The molecule has 0 amide bonds. The molecule has 28 heavy (non-hydrogen) atoms. The Hall–Kier alpha value is -2.87. The maximum Gasteiger partial charge on any atom is 0.201 e. The SMILES string of the molecule is CCOc1cc(C(CS(C)(=O)=O)n2cc3cccc(N)c3c2O)ccc1OC. The van der Waals surface area contributed by atoms with Gasteiger partial charge in [-0.15, -0.1) is 0 Å². The van der Waals surface area contributed by atoms with Gasteiger partial charge in [-0.3, -0.25) is 0 Å². The Bertz CT molecular complexity index is 1110. The zero-order chi connectivity index (χ0) is 20.5. The van der Waals surface area contributed by atoms with Crippen LogP contribution in [-0.2, 0) is 9.84 Å². The molecule has 0 saturated heterocycles. The van der Waals surface area contributed by atoms with Crippen LogP contribution >= 0.6 is 0 Å². The molecule has 1 atom stereocenters. The maximum absolute atomic E-state index is 12.1. The molecule has 3 aromatic rings. The predicted octanol–water partition coefficient (Wildman–Crippen LogP) is 2.97. The van der Waals surface area contributed by atoms with Gasteiger partial charge in [0.1, 0.15) is 9.84 Å². The number of hydrogen-bond acceptors (Lipinski definition) is 6. The number of methoxy groups -OCH3 is 1. The van der Waals surface area contributed by atoms with Crippen molar-refractivity contribution in [1.82, 2.24) is 4.57 Å². The van der Waals surface area contributed by atoms with E-state index < -0.39 is 15.9 Å². The van der Waals surface area contributed by atoms with Gasteiger partial charge in [-0.25, -0.2) is 8.42 Å². The summed E-state index contributed by atoms with van der Waals surface area (Å²) < 4.78 is 36.8. The monoisotopic (exact) mass is 404 g/mol. The number of aromatic hydroxyl groups is 1. The molecular formula is C20H24N2O5S. The van der Waals surface area contributed by atoms with Crippen molar-refractivity contribution >= 4 is 26.3 Å². The van der Waals surface area contributed by atoms with E-state index in [0.29, 0.717) is 34.7 Å². The van der Waals surface area contributed by atoms with Crippen molar-refractivity contribution in [3.8, 4) is 17.4 Å². The van der Waals surface area contributed by atoms with E-state index in [1.807, 2.05) is 13.0 Å². The van der Waals surface area contributed by atoms with E-state index in [1.54, 1.807) is 48.2 Å². The molecule has 3 rings (SSSR count). The van der Waals surface area contributed by atoms with Crippen LogP contribution < -0.4 is 15.2 Å². The number of fused-ring (bicyclic) bond motifs is 1. The van der Waals surface area contributed by atoms with Gasteiger partial charge in [0.15, 0.2) is 11.5 Å². The first-order valence-corrected chi connectivity index (χ1v) is 10.9. The molecule has 0 bridgehead atoms. The minimum atomic E-state index is -3.36. The molecule has 0 aliphatic carbocycles. The predicted molar refractivity (Wildman–Crippen MR) is 110 cm³/mol. The first-order chi connectivity index (χ1) is 13.2. The number of nitrogens with zero attached hydrogens (tertiary/aromatic N) is 1. The Morgan fingerprint density at radius 1 is 1.21 bits per heavy atom. The van der Waals surface area contributed by atoms with E-state index >= 15 is 0 Å². The number of nitrogen functional groups attached to an aromatic ring is 1. The van der Waals surface area contributed by atoms with Crippen LogP contribution in [0, 0.1) is 0 Å². The van der Waals surface area contributed by atoms with E-state index in [2.05, 4.69) is 0 Å². The number of aromatic nitrogens is 1. The second-order valence-corrected chi connectivity index (χ2v) is 8.81. The average molecular weight is 404 g/mol. The van der Waals surface area contributed by atoms with E-state index in [-0.39, 0.29) is 11.6 Å². The van der Waals surface area contributed by atoms with Crippen LogP contribution in [0.4, 0.5) is 5.69 Å². The molecule has 0 radical (unpaired) electrons. The highest BCUT2D eigenvalue weighted by Crippen LogP contribution is 2.38. The Morgan fingerprint density at radius 3 is 2.57 bits per heavy atom. The van der Waals surface area contributed by atoms with Crippen LogP contribution in [0.1, 0.15) is 18.5 Å². The molecular weight excluding hydrogens is 380 g/mol. The Kier molecular flexibility index (Phi) is 5.42. The van der Waals surface area contributed by atoms with Gasteiger partial charge in [0.25, 0.3) is 0 Å². The molecule has 0 aliphatic heterocycles. The van der Waals surface area contributed by atoms with E-state index in [4.69, 9.17) is 15.2 Å². The second-order valence-electron chi connectivity index (χ2n) is 6.62. The molecule has 150 valence electrons. The fraction of sp³-hybridized carbons (Fsp3) is 0.300. The summed E-state index contributed by atoms with van der Waals surface area (Å²) in [5.74, 6) is 0.793. The minimum Gasteiger partial charge on any atom is -0.494 e. The smallest absolute Gasteiger partial charge is 0.201 e. The fourth-order valence-electron chi connectivity index (χ4n) is 3.32. The highest BCUT2D eigenvalue weighted by Gasteiger charge is 2.25. The van der Waals surface area contributed by atoms with Gasteiger partial charge in [0.05, 0.1) is 30.9 Å². The number of rotatable bonds is 7. The Morgan fingerprint density at radius 2 is 1.96 bits per heavy atom. The van der Waals surface area contributed by atoms with Crippen molar-refractivity contribution in [1.29, 1.82) is 0 Å². The summed E-state index contributed by atoms with van der Waals surface area (Å²) in [5, 5.41) is 12.0. The van der Waals surface area contributed by atoms with Gasteiger partial charge < -0.3 is 24.9 Å². The van der Waals surface area contributed by atoms with Crippen LogP contribution in [0.2, 0.25) is 0 Å². The highest BCUT2D eigenvalue weighted by atomic mass is 32.2. The molecule has 1 unspecified atom stereocenters. The largest absolute Gasteiger partial charge is 0.494 e. The van der Waals surface area contributed by atoms with Crippen molar-refractivity contribution in [2.75, 3.05) is 31.5 Å². The fourth-order valence-corrected chi connectivity index (χ4v) is 4.25. The van der Waals surface area contributed by atoms with Gasteiger partial charge in [-0.2, -0.15) is 0 Å². The lowest BCUT2D eigenvalue weighted by Crippen LogP contribution is -2.20. The summed E-state index contributed by atoms with van der Waals surface area (Å²) >= 11 is 0. The van der Waals surface area contributed by atoms with Crippen LogP contribution in [0.25, 0.3) is 10.8 Å². The van der Waals surface area contributed by atoms with Crippen LogP contribution in [0.5, 0.6) is 17.4 Å². The zero-order valence-corrected chi connectivity index (χ0v) is 16.9. The second kappa shape index (κ2) is 7.63. The highest BCUT2D eigenvalue weighted by molar-refractivity contribution is 7.90. The van der Waals surface area contributed by atoms with Crippen molar-refractivity contribution in [3.63, 3.8) is 0 Å². The van der Waals surface area contributed by atoms with E-state index in [0.717, 1.165) is 5.39 Å². The van der Waals surface area contributed by atoms with Crippen LogP contribution in [0.15, 0.2) is 42.6 Å². The Labute approximate surface area is 164 Å². The molecule has 1 aromatic heterocycles. The van der Waals surface area contributed by atoms with Gasteiger partial charge >= 0.3 is 0 Å². The minimum absolute atomic E-state index is 0.0736. The molecule has 8 heteroatoms. The average Bonchev–Trinajstić information content (AvgIpc) is 2.97. The molecule has 3 N–H and O–H groups in total. The first-order valence-electron chi connectivity index (χ1n) is 8.81.